The second-order valence-electron chi connectivity index (χ2n) is 4.86. The van der Waals surface area contributed by atoms with Crippen molar-refractivity contribution in [2.24, 2.45) is 0 Å². The lowest BCUT2D eigenvalue weighted by atomic mass is 9.89. The van der Waals surface area contributed by atoms with Crippen molar-refractivity contribution in [3.8, 4) is 5.75 Å². The minimum absolute atomic E-state index is 0.197. The third kappa shape index (κ3) is 5.22. The third-order valence-electron chi connectivity index (χ3n) is 3.18. The molecule has 0 aromatic heterocycles. The van der Waals surface area contributed by atoms with Gasteiger partial charge in [0.15, 0.2) is 0 Å². The molecule has 0 aliphatic rings. The third-order valence-corrected chi connectivity index (χ3v) is 3.18. The molecule has 0 spiro atoms. The van der Waals surface area contributed by atoms with Crippen LogP contribution < -0.4 is 0 Å². The Labute approximate surface area is 104 Å². The molecule has 0 fully saturated rings. The van der Waals surface area contributed by atoms with Crippen LogP contribution in [0.25, 0.3) is 0 Å². The van der Waals surface area contributed by atoms with Crippen LogP contribution in [0.15, 0.2) is 24.3 Å². The summed E-state index contributed by atoms with van der Waals surface area (Å²) < 4.78 is 0. The smallest absolute Gasteiger partial charge is 0.115 e. The summed E-state index contributed by atoms with van der Waals surface area (Å²) in [7, 11) is 0. The fourth-order valence-corrected chi connectivity index (χ4v) is 2.23. The quantitative estimate of drug-likeness (QED) is 0.755. The molecule has 1 aromatic carbocycles. The van der Waals surface area contributed by atoms with Crippen LogP contribution >= 0.6 is 0 Å². The average molecular weight is 236 g/mol. The number of hydrogen-bond acceptors (Lipinski definition) is 2. The van der Waals surface area contributed by atoms with E-state index in [-0.39, 0.29) is 6.10 Å². The van der Waals surface area contributed by atoms with Crippen LogP contribution in [0.4, 0.5) is 0 Å². The minimum atomic E-state index is -0.197. The molecule has 0 heterocycles. The molecule has 0 saturated heterocycles. The molecule has 0 amide bonds. The van der Waals surface area contributed by atoms with E-state index < -0.39 is 0 Å². The van der Waals surface area contributed by atoms with Crippen molar-refractivity contribution >= 4 is 0 Å². The molecule has 0 aliphatic heterocycles. The topological polar surface area (TPSA) is 40.5 Å². The van der Waals surface area contributed by atoms with Crippen molar-refractivity contribution in [1.29, 1.82) is 0 Å². The first kappa shape index (κ1) is 14.0. The van der Waals surface area contributed by atoms with Crippen LogP contribution in [0.5, 0.6) is 5.75 Å². The summed E-state index contributed by atoms with van der Waals surface area (Å²) in [4.78, 5) is 0. The van der Waals surface area contributed by atoms with E-state index in [4.69, 9.17) is 0 Å². The number of aliphatic hydroxyl groups is 1. The lowest BCUT2D eigenvalue weighted by Crippen LogP contribution is -2.03. The number of rotatable bonds is 7. The lowest BCUT2D eigenvalue weighted by molar-refractivity contribution is 0.179. The SMILES string of the molecule is CCCC(CCCC(C)O)c1ccc(O)cc1. The molecule has 0 bridgehead atoms. The highest BCUT2D eigenvalue weighted by molar-refractivity contribution is 5.28. The normalized spacial score (nSPS) is 14.5. The van der Waals surface area contributed by atoms with Gasteiger partial charge in [0.05, 0.1) is 6.10 Å². The predicted molar refractivity (Wildman–Crippen MR) is 71.3 cm³/mol. The minimum Gasteiger partial charge on any atom is -0.508 e. The summed E-state index contributed by atoms with van der Waals surface area (Å²) in [6, 6.07) is 7.54. The zero-order chi connectivity index (χ0) is 12.7. The van der Waals surface area contributed by atoms with Crippen LogP contribution in [-0.2, 0) is 0 Å². The first-order valence-electron chi connectivity index (χ1n) is 6.60. The molecular formula is C15H24O2. The molecule has 1 aromatic rings. The van der Waals surface area contributed by atoms with E-state index in [2.05, 4.69) is 6.92 Å². The highest BCUT2D eigenvalue weighted by atomic mass is 16.3. The second kappa shape index (κ2) is 7.33. The Kier molecular flexibility index (Phi) is 6.06. The Morgan fingerprint density at radius 3 is 2.24 bits per heavy atom. The molecule has 0 aliphatic carbocycles. The molecule has 1 rings (SSSR count). The van der Waals surface area contributed by atoms with E-state index in [1.165, 1.54) is 18.4 Å². The maximum Gasteiger partial charge on any atom is 0.115 e. The predicted octanol–water partition coefficient (Wildman–Crippen LogP) is 3.83. The van der Waals surface area contributed by atoms with E-state index in [9.17, 15) is 10.2 Å². The number of phenolic OH excluding ortho intramolecular Hbond substituents is 1. The monoisotopic (exact) mass is 236 g/mol. The fourth-order valence-electron chi connectivity index (χ4n) is 2.23. The fraction of sp³-hybridized carbons (Fsp3) is 0.600. The summed E-state index contributed by atoms with van der Waals surface area (Å²) >= 11 is 0. The second-order valence-corrected chi connectivity index (χ2v) is 4.86. The van der Waals surface area contributed by atoms with Gasteiger partial charge in [0.1, 0.15) is 5.75 Å². The molecule has 2 atom stereocenters. The van der Waals surface area contributed by atoms with Crippen molar-refractivity contribution in [3.05, 3.63) is 29.8 Å². The van der Waals surface area contributed by atoms with Crippen LogP contribution in [0.1, 0.15) is 57.4 Å². The number of aliphatic hydroxyl groups excluding tert-OH is 1. The van der Waals surface area contributed by atoms with Crippen LogP contribution in [0.2, 0.25) is 0 Å². The van der Waals surface area contributed by atoms with E-state index in [0.717, 1.165) is 19.3 Å². The highest BCUT2D eigenvalue weighted by Gasteiger charge is 2.11. The van der Waals surface area contributed by atoms with Gasteiger partial charge in [-0.15, -0.1) is 0 Å². The zero-order valence-corrected chi connectivity index (χ0v) is 10.9. The van der Waals surface area contributed by atoms with Gasteiger partial charge in [0, 0.05) is 0 Å². The highest BCUT2D eigenvalue weighted by Crippen LogP contribution is 2.28. The van der Waals surface area contributed by atoms with Crippen molar-refractivity contribution < 1.29 is 10.2 Å². The molecule has 17 heavy (non-hydrogen) atoms. The van der Waals surface area contributed by atoms with Crippen molar-refractivity contribution in [2.75, 3.05) is 0 Å². The van der Waals surface area contributed by atoms with E-state index in [1.54, 1.807) is 12.1 Å². The van der Waals surface area contributed by atoms with Gasteiger partial charge in [-0.25, -0.2) is 0 Å². The van der Waals surface area contributed by atoms with Gasteiger partial charge in [0.25, 0.3) is 0 Å². The van der Waals surface area contributed by atoms with Gasteiger partial charge in [0.2, 0.25) is 0 Å². The Morgan fingerprint density at radius 2 is 1.71 bits per heavy atom. The largest absolute Gasteiger partial charge is 0.508 e. The van der Waals surface area contributed by atoms with Gasteiger partial charge in [-0.3, -0.25) is 0 Å². The first-order chi connectivity index (χ1) is 8.13. The summed E-state index contributed by atoms with van der Waals surface area (Å²) in [5, 5.41) is 18.6. The number of benzene rings is 1. The van der Waals surface area contributed by atoms with E-state index in [0.29, 0.717) is 11.7 Å². The zero-order valence-electron chi connectivity index (χ0n) is 10.9. The maximum atomic E-state index is 9.28. The van der Waals surface area contributed by atoms with Crippen molar-refractivity contribution in [3.63, 3.8) is 0 Å². The number of hydrogen-bond donors (Lipinski definition) is 2. The molecule has 2 unspecified atom stereocenters. The van der Waals surface area contributed by atoms with Crippen molar-refractivity contribution in [2.45, 2.75) is 58.0 Å². The number of aromatic hydroxyl groups is 1. The number of phenols is 1. The maximum absolute atomic E-state index is 9.28. The average Bonchev–Trinajstić information content (AvgIpc) is 2.29. The Balaban J connectivity index is 2.55. The molecular weight excluding hydrogens is 212 g/mol. The lowest BCUT2D eigenvalue weighted by Gasteiger charge is -2.17. The van der Waals surface area contributed by atoms with Crippen molar-refractivity contribution in [1.82, 2.24) is 0 Å². The summed E-state index contributed by atoms with van der Waals surface area (Å²) in [6.07, 6.45) is 5.19. The van der Waals surface area contributed by atoms with Gasteiger partial charge >= 0.3 is 0 Å². The van der Waals surface area contributed by atoms with Crippen LogP contribution in [0, 0.1) is 0 Å². The molecule has 2 nitrogen and oxygen atoms in total. The Morgan fingerprint density at radius 1 is 1.06 bits per heavy atom. The van der Waals surface area contributed by atoms with Gasteiger partial charge in [-0.1, -0.05) is 31.9 Å². The van der Waals surface area contributed by atoms with Crippen LogP contribution in [-0.4, -0.2) is 16.3 Å². The Bertz CT molecular complexity index is 303. The molecule has 0 radical (unpaired) electrons. The van der Waals surface area contributed by atoms with Gasteiger partial charge in [-0.05, 0) is 49.8 Å². The van der Waals surface area contributed by atoms with Gasteiger partial charge < -0.3 is 10.2 Å². The first-order valence-corrected chi connectivity index (χ1v) is 6.60. The van der Waals surface area contributed by atoms with E-state index >= 15 is 0 Å². The molecule has 2 heteroatoms. The summed E-state index contributed by atoms with van der Waals surface area (Å²) in [6.45, 7) is 4.04. The Hall–Kier alpha value is -1.02. The molecule has 96 valence electrons. The van der Waals surface area contributed by atoms with E-state index in [1.807, 2.05) is 19.1 Å². The molecule has 0 saturated carbocycles. The van der Waals surface area contributed by atoms with Gasteiger partial charge in [-0.2, -0.15) is 0 Å². The molecule has 2 N–H and O–H groups in total. The summed E-state index contributed by atoms with van der Waals surface area (Å²) in [5.74, 6) is 0.882. The van der Waals surface area contributed by atoms with Crippen LogP contribution in [0.3, 0.4) is 0 Å². The standard InChI is InChI=1S/C15H24O2/c1-3-5-13(7-4-6-12(2)16)14-8-10-15(17)11-9-14/h8-13,16-17H,3-7H2,1-2H3. The summed E-state index contributed by atoms with van der Waals surface area (Å²) in [5.41, 5.74) is 1.30.